The number of hydrogen-bond donors (Lipinski definition) is 2. The van der Waals surface area contributed by atoms with Gasteiger partial charge in [0.25, 0.3) is 0 Å². The Hall–Kier alpha value is -2.33. The fourth-order valence-corrected chi connectivity index (χ4v) is 2.94. The Morgan fingerprint density at radius 3 is 2.64 bits per heavy atom. The van der Waals surface area contributed by atoms with Gasteiger partial charge in [-0.2, -0.15) is 0 Å². The smallest absolute Gasteiger partial charge is 0.407 e. The normalized spacial score (nSPS) is 19.5. The number of alkyl carbamates (subject to hydrolysis) is 1. The lowest BCUT2D eigenvalue weighted by Gasteiger charge is -2.20. The average Bonchev–Trinajstić information content (AvgIpc) is 2.92. The fourth-order valence-electron chi connectivity index (χ4n) is 2.94. The minimum atomic E-state index is -0.455. The maximum atomic E-state index is 12.0. The molecule has 22 heavy (non-hydrogen) atoms. The van der Waals surface area contributed by atoms with Crippen molar-refractivity contribution in [1.29, 1.82) is 0 Å². The van der Waals surface area contributed by atoms with Crippen molar-refractivity contribution in [3.8, 4) is 0 Å². The van der Waals surface area contributed by atoms with Gasteiger partial charge in [-0.15, -0.1) is 0 Å². The van der Waals surface area contributed by atoms with Crippen molar-refractivity contribution in [2.75, 3.05) is 6.61 Å². The van der Waals surface area contributed by atoms with Crippen molar-refractivity contribution in [3.05, 3.63) is 71.3 Å². The highest BCUT2D eigenvalue weighted by Gasteiger charge is 2.33. The molecular weight excluding hydrogens is 278 g/mol. The SMILES string of the molecule is O=C(N[C@H]1c2ccccc2C[C@H]1CO)OCc1ccccc1. The molecule has 2 atom stereocenters. The Labute approximate surface area is 129 Å². The van der Waals surface area contributed by atoms with Crippen LogP contribution in [0.4, 0.5) is 4.79 Å². The molecule has 0 aliphatic heterocycles. The quantitative estimate of drug-likeness (QED) is 0.912. The second kappa shape index (κ2) is 6.62. The summed E-state index contributed by atoms with van der Waals surface area (Å²) in [6, 6.07) is 17.3. The fraction of sp³-hybridized carbons (Fsp3) is 0.278. The van der Waals surface area contributed by atoms with Gasteiger partial charge in [0.05, 0.1) is 6.04 Å². The van der Waals surface area contributed by atoms with E-state index < -0.39 is 6.09 Å². The van der Waals surface area contributed by atoms with Gasteiger partial charge < -0.3 is 15.2 Å². The summed E-state index contributed by atoms with van der Waals surface area (Å²) in [6.07, 6.45) is 0.319. The number of aliphatic hydroxyl groups excluding tert-OH is 1. The highest BCUT2D eigenvalue weighted by molar-refractivity contribution is 5.68. The Kier molecular flexibility index (Phi) is 4.39. The number of fused-ring (bicyclic) bond motifs is 1. The topological polar surface area (TPSA) is 58.6 Å². The first kappa shape index (κ1) is 14.6. The molecule has 0 bridgehead atoms. The van der Waals surface area contributed by atoms with Crippen LogP contribution in [0.3, 0.4) is 0 Å². The Bertz CT molecular complexity index is 642. The van der Waals surface area contributed by atoms with Gasteiger partial charge in [0, 0.05) is 12.5 Å². The standard InChI is InChI=1S/C18H19NO3/c20-11-15-10-14-8-4-5-9-16(14)17(15)19-18(21)22-12-13-6-2-1-3-7-13/h1-9,15,17,20H,10-12H2,(H,19,21)/t15-,17+/m0/s1. The Morgan fingerprint density at radius 1 is 1.14 bits per heavy atom. The first-order valence-electron chi connectivity index (χ1n) is 7.44. The van der Waals surface area contributed by atoms with Gasteiger partial charge in [0.1, 0.15) is 6.61 Å². The molecule has 1 amide bonds. The molecule has 1 aliphatic carbocycles. The number of hydrogen-bond acceptors (Lipinski definition) is 3. The summed E-state index contributed by atoms with van der Waals surface area (Å²) < 4.78 is 5.27. The first-order valence-corrected chi connectivity index (χ1v) is 7.44. The van der Waals surface area contributed by atoms with E-state index in [1.54, 1.807) is 0 Å². The van der Waals surface area contributed by atoms with E-state index in [0.29, 0.717) is 0 Å². The number of carbonyl (C=O) groups excluding carboxylic acids is 1. The Morgan fingerprint density at radius 2 is 1.86 bits per heavy atom. The van der Waals surface area contributed by atoms with E-state index in [-0.39, 0.29) is 25.2 Å². The molecule has 0 saturated carbocycles. The summed E-state index contributed by atoms with van der Waals surface area (Å²) in [5.41, 5.74) is 3.19. The molecule has 2 N–H and O–H groups in total. The molecule has 3 rings (SSSR count). The van der Waals surface area contributed by atoms with Crippen LogP contribution in [0.2, 0.25) is 0 Å². The summed E-state index contributed by atoms with van der Waals surface area (Å²) in [6.45, 7) is 0.281. The second-order valence-corrected chi connectivity index (χ2v) is 5.53. The molecule has 0 radical (unpaired) electrons. The summed E-state index contributed by atoms with van der Waals surface area (Å²) >= 11 is 0. The minimum Gasteiger partial charge on any atom is -0.445 e. The predicted molar refractivity (Wildman–Crippen MR) is 83.2 cm³/mol. The van der Waals surface area contributed by atoms with Crippen LogP contribution >= 0.6 is 0 Å². The van der Waals surface area contributed by atoms with E-state index in [0.717, 1.165) is 17.5 Å². The average molecular weight is 297 g/mol. The van der Waals surface area contributed by atoms with Crippen molar-refractivity contribution >= 4 is 6.09 Å². The number of carbonyl (C=O) groups is 1. The van der Waals surface area contributed by atoms with Gasteiger partial charge in [-0.1, -0.05) is 54.6 Å². The number of benzene rings is 2. The Balaban J connectivity index is 1.63. The van der Waals surface area contributed by atoms with Crippen molar-refractivity contribution in [2.45, 2.75) is 19.1 Å². The minimum absolute atomic E-state index is 0.00155. The van der Waals surface area contributed by atoms with Crippen LogP contribution in [0.15, 0.2) is 54.6 Å². The van der Waals surface area contributed by atoms with Gasteiger partial charge in [0.2, 0.25) is 0 Å². The molecule has 0 aromatic heterocycles. The highest BCUT2D eigenvalue weighted by atomic mass is 16.5. The summed E-state index contributed by atoms with van der Waals surface area (Å²) in [4.78, 5) is 12.0. The van der Waals surface area contributed by atoms with Gasteiger partial charge in [-0.25, -0.2) is 4.79 Å². The summed E-state index contributed by atoms with van der Waals surface area (Å²) in [5.74, 6) is 0.00155. The van der Waals surface area contributed by atoms with Crippen molar-refractivity contribution in [1.82, 2.24) is 5.32 Å². The zero-order valence-electron chi connectivity index (χ0n) is 12.2. The number of amides is 1. The molecule has 0 unspecified atom stereocenters. The lowest BCUT2D eigenvalue weighted by molar-refractivity contribution is 0.127. The highest BCUT2D eigenvalue weighted by Crippen LogP contribution is 2.35. The van der Waals surface area contributed by atoms with E-state index in [2.05, 4.69) is 5.32 Å². The zero-order chi connectivity index (χ0) is 15.4. The molecule has 114 valence electrons. The van der Waals surface area contributed by atoms with Gasteiger partial charge in [-0.3, -0.25) is 0 Å². The second-order valence-electron chi connectivity index (χ2n) is 5.53. The summed E-state index contributed by atoms with van der Waals surface area (Å²) in [5, 5.41) is 12.4. The molecule has 0 spiro atoms. The third-order valence-electron chi connectivity index (χ3n) is 4.06. The van der Waals surface area contributed by atoms with Crippen LogP contribution in [0.1, 0.15) is 22.7 Å². The van der Waals surface area contributed by atoms with Crippen molar-refractivity contribution < 1.29 is 14.6 Å². The first-order chi connectivity index (χ1) is 10.8. The van der Waals surface area contributed by atoms with Crippen LogP contribution in [0.5, 0.6) is 0 Å². The molecule has 2 aromatic carbocycles. The van der Waals surface area contributed by atoms with Crippen molar-refractivity contribution in [2.24, 2.45) is 5.92 Å². The lowest BCUT2D eigenvalue weighted by atomic mass is 10.0. The zero-order valence-corrected chi connectivity index (χ0v) is 12.2. The summed E-state index contributed by atoms with van der Waals surface area (Å²) in [7, 11) is 0. The van der Waals surface area contributed by atoms with Gasteiger partial charge in [0.15, 0.2) is 0 Å². The van der Waals surface area contributed by atoms with E-state index >= 15 is 0 Å². The van der Waals surface area contributed by atoms with E-state index in [1.807, 2.05) is 54.6 Å². The molecule has 0 heterocycles. The van der Waals surface area contributed by atoms with Crippen LogP contribution in [-0.2, 0) is 17.8 Å². The lowest BCUT2D eigenvalue weighted by Crippen LogP contribution is -2.33. The molecular formula is C18H19NO3. The predicted octanol–water partition coefficient (Wildman–Crippen LogP) is 2.82. The maximum Gasteiger partial charge on any atom is 0.407 e. The number of nitrogens with one attached hydrogen (secondary N) is 1. The number of aliphatic hydroxyl groups is 1. The third-order valence-corrected chi connectivity index (χ3v) is 4.06. The third kappa shape index (κ3) is 3.12. The van der Waals surface area contributed by atoms with E-state index in [4.69, 9.17) is 4.74 Å². The van der Waals surface area contributed by atoms with E-state index in [9.17, 15) is 9.90 Å². The molecule has 0 fully saturated rings. The van der Waals surface area contributed by atoms with Crippen LogP contribution in [0, 0.1) is 5.92 Å². The molecule has 4 nitrogen and oxygen atoms in total. The molecule has 0 saturated heterocycles. The molecule has 2 aromatic rings. The van der Waals surface area contributed by atoms with Crippen LogP contribution < -0.4 is 5.32 Å². The van der Waals surface area contributed by atoms with Crippen molar-refractivity contribution in [3.63, 3.8) is 0 Å². The number of ether oxygens (including phenoxy) is 1. The molecule has 4 heteroatoms. The largest absolute Gasteiger partial charge is 0.445 e. The number of rotatable bonds is 4. The van der Waals surface area contributed by atoms with Crippen LogP contribution in [-0.4, -0.2) is 17.8 Å². The van der Waals surface area contributed by atoms with Gasteiger partial charge >= 0.3 is 6.09 Å². The molecule has 1 aliphatic rings. The van der Waals surface area contributed by atoms with Crippen LogP contribution in [0.25, 0.3) is 0 Å². The van der Waals surface area contributed by atoms with E-state index in [1.165, 1.54) is 5.56 Å². The maximum absolute atomic E-state index is 12.0. The van der Waals surface area contributed by atoms with Gasteiger partial charge in [-0.05, 0) is 23.1 Å². The monoisotopic (exact) mass is 297 g/mol.